The Morgan fingerprint density at radius 3 is 2.04 bits per heavy atom. The van der Waals surface area contributed by atoms with Gasteiger partial charge in [0, 0.05) is 49.9 Å². The molecule has 1 aliphatic carbocycles. The average molecular weight is 682 g/mol. The zero-order valence-electron chi connectivity index (χ0n) is 28.4. The summed E-state index contributed by atoms with van der Waals surface area (Å²) in [7, 11) is 0. The molecule has 1 aromatic heterocycles. The van der Waals surface area contributed by atoms with Gasteiger partial charge in [-0.05, 0) is 85.5 Å². The van der Waals surface area contributed by atoms with E-state index < -0.39 is 11.5 Å². The number of nitriles is 1. The largest absolute Gasteiger partial charge is 0.378 e. The molecule has 262 valence electrons. The number of morpholine rings is 2. The monoisotopic (exact) mass is 681 g/mol. The Morgan fingerprint density at radius 1 is 0.940 bits per heavy atom. The lowest BCUT2D eigenvalue weighted by atomic mass is 9.67. The summed E-state index contributed by atoms with van der Waals surface area (Å²) in [6.45, 7) is 6.93. The first-order chi connectivity index (χ1) is 24.4. The number of H-pyrrole nitrogens is 1. The molecule has 3 aromatic rings. The summed E-state index contributed by atoms with van der Waals surface area (Å²) in [5, 5.41) is 28.8. The van der Waals surface area contributed by atoms with E-state index in [2.05, 4.69) is 32.0 Å². The molecule has 14 nitrogen and oxygen atoms in total. The number of rotatable bonds is 8. The highest BCUT2D eigenvalue weighted by Crippen LogP contribution is 2.47. The Kier molecular flexibility index (Phi) is 9.89. The fourth-order valence-corrected chi connectivity index (χ4v) is 8.00. The van der Waals surface area contributed by atoms with Crippen LogP contribution < -0.4 is 5.32 Å². The number of aryl methyl sites for hydroxylation is 2. The standard InChI is InChI=1S/C36H43N9O5/c1-24(38-23-32(46)45-10-2-3-29(45)22-37)21-36(35-39-41-42-40-35)30-8-6-27(33(47)43-11-15-49-16-12-43)19-25(30)4-5-26-20-28(7-9-31(26)36)34(48)44-13-17-50-18-14-44/h6-9,19-20,24,29,38H,2-5,10-18,21,23H2,1H3,(H,39,40,41,42)/t24-,29-/m0/s1. The summed E-state index contributed by atoms with van der Waals surface area (Å²) >= 11 is 0. The van der Waals surface area contributed by atoms with E-state index in [1.807, 2.05) is 53.1 Å². The first kappa shape index (κ1) is 33.8. The molecule has 0 radical (unpaired) electrons. The number of nitrogens with zero attached hydrogens (tertiary/aromatic N) is 7. The molecular formula is C36H43N9O5. The number of aromatic nitrogens is 4. The van der Waals surface area contributed by atoms with Gasteiger partial charge in [0.05, 0.1) is 44.5 Å². The second-order valence-corrected chi connectivity index (χ2v) is 13.6. The normalized spacial score (nSPS) is 20.7. The smallest absolute Gasteiger partial charge is 0.254 e. The summed E-state index contributed by atoms with van der Waals surface area (Å²) < 4.78 is 11.0. The van der Waals surface area contributed by atoms with Crippen molar-refractivity contribution in [3.05, 3.63) is 75.6 Å². The maximum Gasteiger partial charge on any atom is 0.254 e. The zero-order chi connectivity index (χ0) is 34.7. The quantitative estimate of drug-likeness (QED) is 0.355. The van der Waals surface area contributed by atoms with E-state index in [9.17, 15) is 19.6 Å². The number of benzene rings is 2. The van der Waals surface area contributed by atoms with Crippen LogP contribution in [0, 0.1) is 11.3 Å². The molecule has 7 rings (SSSR count). The van der Waals surface area contributed by atoms with Crippen molar-refractivity contribution in [2.45, 2.75) is 56.5 Å². The van der Waals surface area contributed by atoms with Gasteiger partial charge in [0.2, 0.25) is 5.91 Å². The molecule has 0 bridgehead atoms. The van der Waals surface area contributed by atoms with Crippen LogP contribution in [-0.2, 0) is 32.5 Å². The lowest BCUT2D eigenvalue weighted by molar-refractivity contribution is -0.130. The Morgan fingerprint density at radius 2 is 1.52 bits per heavy atom. The lowest BCUT2D eigenvalue weighted by Crippen LogP contribution is -2.45. The van der Waals surface area contributed by atoms with Gasteiger partial charge in [-0.3, -0.25) is 14.4 Å². The highest BCUT2D eigenvalue weighted by atomic mass is 16.5. The van der Waals surface area contributed by atoms with Crippen molar-refractivity contribution in [1.82, 2.24) is 40.6 Å². The van der Waals surface area contributed by atoms with Crippen LogP contribution in [0.15, 0.2) is 36.4 Å². The van der Waals surface area contributed by atoms with Crippen molar-refractivity contribution >= 4 is 17.7 Å². The summed E-state index contributed by atoms with van der Waals surface area (Å²) in [5.41, 5.74) is 4.16. The number of hydrogen-bond donors (Lipinski definition) is 2. The van der Waals surface area contributed by atoms with Crippen LogP contribution in [-0.4, -0.2) is 131 Å². The molecule has 3 fully saturated rings. The third-order valence-electron chi connectivity index (χ3n) is 10.5. The molecule has 50 heavy (non-hydrogen) atoms. The van der Waals surface area contributed by atoms with Crippen LogP contribution in [0.1, 0.15) is 75.0 Å². The Labute approximate surface area is 291 Å². The van der Waals surface area contributed by atoms with Gasteiger partial charge < -0.3 is 29.5 Å². The number of carbonyl (C=O) groups is 3. The molecule has 0 saturated carbocycles. The minimum Gasteiger partial charge on any atom is -0.378 e. The number of tetrazole rings is 1. The molecule has 4 aliphatic rings. The molecule has 3 amide bonds. The Balaban J connectivity index is 1.28. The van der Waals surface area contributed by atoms with Crippen molar-refractivity contribution in [3.8, 4) is 6.07 Å². The Hall–Kier alpha value is -4.71. The summed E-state index contributed by atoms with van der Waals surface area (Å²) in [5.74, 6) is 0.291. The number of carbonyl (C=O) groups excluding carboxylic acids is 3. The molecule has 2 N–H and O–H groups in total. The number of likely N-dealkylation sites (tertiary alicyclic amines) is 1. The number of amides is 3. The number of hydrogen-bond acceptors (Lipinski definition) is 10. The van der Waals surface area contributed by atoms with E-state index in [4.69, 9.17) is 9.47 Å². The predicted molar refractivity (Wildman–Crippen MR) is 180 cm³/mol. The molecule has 0 unspecified atom stereocenters. The van der Waals surface area contributed by atoms with Crippen LogP contribution in [0.5, 0.6) is 0 Å². The SMILES string of the molecule is C[C@@H](CC1(c2nn[nH]n2)c2ccc(C(=O)N3CCOCC3)cc2CCc2cc(C(=O)N3CCOCC3)ccc21)NCC(=O)N1CCC[C@H]1C#N. The fraction of sp³-hybridized carbons (Fsp3) is 0.528. The van der Waals surface area contributed by atoms with E-state index in [-0.39, 0.29) is 30.3 Å². The minimum atomic E-state index is -0.937. The van der Waals surface area contributed by atoms with Crippen molar-refractivity contribution < 1.29 is 23.9 Å². The van der Waals surface area contributed by atoms with Crippen molar-refractivity contribution in [2.75, 3.05) is 65.7 Å². The molecular weight excluding hydrogens is 638 g/mol. The van der Waals surface area contributed by atoms with Gasteiger partial charge in [-0.2, -0.15) is 10.5 Å². The van der Waals surface area contributed by atoms with Gasteiger partial charge in [-0.15, -0.1) is 10.2 Å². The van der Waals surface area contributed by atoms with E-state index in [1.165, 1.54) is 0 Å². The van der Waals surface area contributed by atoms with Crippen molar-refractivity contribution in [1.29, 1.82) is 5.26 Å². The minimum absolute atomic E-state index is 0.0347. The third-order valence-corrected chi connectivity index (χ3v) is 10.5. The second kappa shape index (κ2) is 14.6. The first-order valence-electron chi connectivity index (χ1n) is 17.6. The van der Waals surface area contributed by atoms with E-state index in [0.717, 1.165) is 28.7 Å². The van der Waals surface area contributed by atoms with Crippen LogP contribution in [0.3, 0.4) is 0 Å². The summed E-state index contributed by atoms with van der Waals surface area (Å²) in [6.07, 6.45) is 3.23. The van der Waals surface area contributed by atoms with Crippen LogP contribution >= 0.6 is 0 Å². The van der Waals surface area contributed by atoms with Gasteiger partial charge >= 0.3 is 0 Å². The van der Waals surface area contributed by atoms with Gasteiger partial charge in [-0.1, -0.05) is 17.3 Å². The molecule has 4 heterocycles. The summed E-state index contributed by atoms with van der Waals surface area (Å²) in [6, 6.07) is 13.4. The molecule has 0 spiro atoms. The average Bonchev–Trinajstić information content (AvgIpc) is 3.87. The number of nitrogens with one attached hydrogen (secondary N) is 2. The van der Waals surface area contributed by atoms with E-state index in [1.54, 1.807) is 4.90 Å². The number of fused-ring (bicyclic) bond motifs is 2. The van der Waals surface area contributed by atoms with Gasteiger partial charge in [0.1, 0.15) is 6.04 Å². The first-order valence-corrected chi connectivity index (χ1v) is 17.6. The lowest BCUT2D eigenvalue weighted by Gasteiger charge is -2.36. The third kappa shape index (κ3) is 6.48. The van der Waals surface area contributed by atoms with E-state index in [0.29, 0.717) is 102 Å². The molecule has 2 aromatic carbocycles. The fourth-order valence-electron chi connectivity index (χ4n) is 8.00. The molecule has 2 atom stereocenters. The van der Waals surface area contributed by atoms with Crippen LogP contribution in [0.25, 0.3) is 0 Å². The second-order valence-electron chi connectivity index (χ2n) is 13.6. The molecule has 3 aliphatic heterocycles. The molecule has 3 saturated heterocycles. The number of aromatic amines is 1. The van der Waals surface area contributed by atoms with Gasteiger partial charge in [0.15, 0.2) is 5.82 Å². The van der Waals surface area contributed by atoms with Gasteiger partial charge in [0.25, 0.3) is 11.8 Å². The predicted octanol–water partition coefficient (Wildman–Crippen LogP) is 1.46. The highest BCUT2D eigenvalue weighted by Gasteiger charge is 2.46. The maximum absolute atomic E-state index is 13.6. The van der Waals surface area contributed by atoms with E-state index >= 15 is 0 Å². The van der Waals surface area contributed by atoms with Crippen LogP contribution in [0.2, 0.25) is 0 Å². The summed E-state index contributed by atoms with van der Waals surface area (Å²) in [4.78, 5) is 45.8. The van der Waals surface area contributed by atoms with Crippen LogP contribution in [0.4, 0.5) is 0 Å². The topological polar surface area (TPSA) is 170 Å². The molecule has 14 heteroatoms. The Bertz CT molecular complexity index is 1680. The van der Waals surface area contributed by atoms with Crippen molar-refractivity contribution in [3.63, 3.8) is 0 Å². The van der Waals surface area contributed by atoms with Gasteiger partial charge in [-0.25, -0.2) is 0 Å². The number of ether oxygens (including phenoxy) is 2. The van der Waals surface area contributed by atoms with Crippen molar-refractivity contribution in [2.24, 2.45) is 0 Å². The highest BCUT2D eigenvalue weighted by molar-refractivity contribution is 5.95. The maximum atomic E-state index is 13.6. The zero-order valence-corrected chi connectivity index (χ0v) is 28.4.